The standard InChI is InChI=1S/C24H28N2O2S/c1-23(2)12-13-24(3,4)22-14-17(6-11-21(22)23)18-15-25-26(16-18)19-7-9-20(10-8-19)29(5,27)28/h6-11,14-16H,12-13H2,1-5H3. The molecule has 0 radical (unpaired) electrons. The Bertz CT molecular complexity index is 1170. The summed E-state index contributed by atoms with van der Waals surface area (Å²) in [5.41, 5.74) is 6.29. The molecule has 0 aliphatic heterocycles. The van der Waals surface area contributed by atoms with E-state index in [4.69, 9.17) is 0 Å². The first kappa shape index (κ1) is 19.9. The SMILES string of the molecule is CC1(C)CCC(C)(C)c2cc(-c3cnn(-c4ccc(S(C)(=O)=O)cc4)c3)ccc21. The maximum absolute atomic E-state index is 11.7. The van der Waals surface area contributed by atoms with Gasteiger partial charge in [-0.2, -0.15) is 5.10 Å². The van der Waals surface area contributed by atoms with Crippen molar-refractivity contribution in [3.05, 3.63) is 66.0 Å². The Morgan fingerprint density at radius 2 is 1.48 bits per heavy atom. The highest BCUT2D eigenvalue weighted by Gasteiger charge is 2.37. The molecule has 0 saturated carbocycles. The predicted molar refractivity (Wildman–Crippen MR) is 117 cm³/mol. The number of hydrogen-bond donors (Lipinski definition) is 0. The van der Waals surface area contributed by atoms with Crippen LogP contribution in [0.4, 0.5) is 0 Å². The van der Waals surface area contributed by atoms with Gasteiger partial charge < -0.3 is 0 Å². The molecule has 29 heavy (non-hydrogen) atoms. The average Bonchev–Trinajstić information content (AvgIpc) is 3.15. The van der Waals surface area contributed by atoms with Gasteiger partial charge in [-0.15, -0.1) is 0 Å². The van der Waals surface area contributed by atoms with Crippen LogP contribution in [-0.4, -0.2) is 24.5 Å². The summed E-state index contributed by atoms with van der Waals surface area (Å²) < 4.78 is 25.1. The summed E-state index contributed by atoms with van der Waals surface area (Å²) >= 11 is 0. The van der Waals surface area contributed by atoms with Crippen LogP contribution in [0.1, 0.15) is 51.7 Å². The molecule has 0 fully saturated rings. The molecule has 0 spiro atoms. The van der Waals surface area contributed by atoms with E-state index in [2.05, 4.69) is 51.0 Å². The minimum absolute atomic E-state index is 0.165. The van der Waals surface area contributed by atoms with Gasteiger partial charge in [0.1, 0.15) is 0 Å². The van der Waals surface area contributed by atoms with Crippen LogP contribution in [0.3, 0.4) is 0 Å². The lowest BCUT2D eigenvalue weighted by Crippen LogP contribution is -2.33. The van der Waals surface area contributed by atoms with Crippen LogP contribution < -0.4 is 0 Å². The van der Waals surface area contributed by atoms with Crippen molar-refractivity contribution in [2.75, 3.05) is 6.26 Å². The Hall–Kier alpha value is -2.40. The third-order valence-corrected chi connectivity index (χ3v) is 7.43. The van der Waals surface area contributed by atoms with Crippen molar-refractivity contribution in [2.45, 2.75) is 56.3 Å². The van der Waals surface area contributed by atoms with E-state index in [1.807, 2.05) is 12.4 Å². The van der Waals surface area contributed by atoms with Crippen molar-refractivity contribution >= 4 is 9.84 Å². The molecule has 4 rings (SSSR count). The summed E-state index contributed by atoms with van der Waals surface area (Å²) in [6, 6.07) is 13.6. The predicted octanol–water partition coefficient (Wildman–Crippen LogP) is 5.29. The molecule has 1 aliphatic rings. The first-order valence-corrected chi connectivity index (χ1v) is 11.9. The lowest BCUT2D eigenvalue weighted by Gasteiger charge is -2.42. The van der Waals surface area contributed by atoms with Crippen molar-refractivity contribution in [1.29, 1.82) is 0 Å². The summed E-state index contributed by atoms with van der Waals surface area (Å²) in [5, 5.41) is 4.50. The molecule has 5 heteroatoms. The van der Waals surface area contributed by atoms with E-state index < -0.39 is 9.84 Å². The second-order valence-electron chi connectivity index (χ2n) is 9.47. The number of fused-ring (bicyclic) bond motifs is 1. The Labute approximate surface area is 173 Å². The number of aromatic nitrogens is 2. The molecule has 0 bridgehead atoms. The van der Waals surface area contributed by atoms with Crippen LogP contribution in [-0.2, 0) is 20.7 Å². The fraction of sp³-hybridized carbons (Fsp3) is 0.375. The third-order valence-electron chi connectivity index (χ3n) is 6.30. The van der Waals surface area contributed by atoms with E-state index in [0.29, 0.717) is 4.90 Å². The van der Waals surface area contributed by atoms with Gasteiger partial charge in [0.05, 0.1) is 16.8 Å². The van der Waals surface area contributed by atoms with E-state index in [-0.39, 0.29) is 10.8 Å². The van der Waals surface area contributed by atoms with Crippen molar-refractivity contribution in [3.63, 3.8) is 0 Å². The van der Waals surface area contributed by atoms with Crippen LogP contribution >= 0.6 is 0 Å². The monoisotopic (exact) mass is 408 g/mol. The molecule has 0 atom stereocenters. The van der Waals surface area contributed by atoms with Gasteiger partial charge in [0.15, 0.2) is 9.84 Å². The highest BCUT2D eigenvalue weighted by atomic mass is 32.2. The van der Waals surface area contributed by atoms with Gasteiger partial charge in [-0.3, -0.25) is 0 Å². The van der Waals surface area contributed by atoms with Crippen LogP contribution in [0.5, 0.6) is 0 Å². The highest BCUT2D eigenvalue weighted by Crippen LogP contribution is 2.46. The minimum atomic E-state index is -3.20. The molecule has 4 nitrogen and oxygen atoms in total. The molecule has 1 aromatic heterocycles. The van der Waals surface area contributed by atoms with Crippen molar-refractivity contribution in [2.24, 2.45) is 0 Å². The lowest BCUT2D eigenvalue weighted by molar-refractivity contribution is 0.332. The minimum Gasteiger partial charge on any atom is -0.240 e. The first-order valence-electron chi connectivity index (χ1n) is 9.98. The molecule has 0 unspecified atom stereocenters. The number of nitrogens with zero attached hydrogens (tertiary/aromatic N) is 2. The van der Waals surface area contributed by atoms with E-state index in [1.165, 1.54) is 30.2 Å². The zero-order valence-electron chi connectivity index (χ0n) is 17.7. The molecule has 0 saturated heterocycles. The zero-order chi connectivity index (χ0) is 21.0. The molecule has 1 heterocycles. The normalized spacial score (nSPS) is 17.7. The Morgan fingerprint density at radius 3 is 2.10 bits per heavy atom. The summed E-state index contributed by atoms with van der Waals surface area (Å²) in [6.07, 6.45) is 7.47. The molecule has 152 valence electrons. The average molecular weight is 409 g/mol. The quantitative estimate of drug-likeness (QED) is 0.591. The molecule has 0 amide bonds. The number of sulfone groups is 1. The smallest absolute Gasteiger partial charge is 0.175 e. The Kier molecular flexibility index (Phi) is 4.50. The summed E-state index contributed by atoms with van der Waals surface area (Å²) in [6.45, 7) is 9.33. The van der Waals surface area contributed by atoms with Crippen LogP contribution in [0.15, 0.2) is 59.8 Å². The van der Waals surface area contributed by atoms with E-state index in [0.717, 1.165) is 16.8 Å². The molecule has 0 N–H and O–H groups in total. The van der Waals surface area contributed by atoms with E-state index in [9.17, 15) is 8.42 Å². The first-order chi connectivity index (χ1) is 13.5. The summed E-state index contributed by atoms with van der Waals surface area (Å²) in [4.78, 5) is 0.313. The third kappa shape index (κ3) is 3.64. The lowest BCUT2D eigenvalue weighted by atomic mass is 9.63. The van der Waals surface area contributed by atoms with Crippen molar-refractivity contribution in [3.8, 4) is 16.8 Å². The van der Waals surface area contributed by atoms with Gasteiger partial charge in [-0.1, -0.05) is 45.9 Å². The van der Waals surface area contributed by atoms with Gasteiger partial charge in [0.25, 0.3) is 0 Å². The molecular weight excluding hydrogens is 380 g/mol. The van der Waals surface area contributed by atoms with Gasteiger partial charge in [-0.05, 0) is 64.6 Å². The van der Waals surface area contributed by atoms with Crippen LogP contribution in [0.25, 0.3) is 16.8 Å². The number of benzene rings is 2. The van der Waals surface area contributed by atoms with E-state index >= 15 is 0 Å². The molecule has 2 aromatic carbocycles. The summed E-state index contributed by atoms with van der Waals surface area (Å²) in [7, 11) is -3.20. The van der Waals surface area contributed by atoms with Crippen molar-refractivity contribution < 1.29 is 8.42 Å². The molecule has 3 aromatic rings. The number of hydrogen-bond acceptors (Lipinski definition) is 3. The zero-order valence-corrected chi connectivity index (χ0v) is 18.5. The maximum Gasteiger partial charge on any atom is 0.175 e. The van der Waals surface area contributed by atoms with Gasteiger partial charge in [0.2, 0.25) is 0 Å². The fourth-order valence-electron chi connectivity index (χ4n) is 4.23. The Balaban J connectivity index is 1.70. The second kappa shape index (κ2) is 6.56. The van der Waals surface area contributed by atoms with Crippen LogP contribution in [0, 0.1) is 0 Å². The fourth-order valence-corrected chi connectivity index (χ4v) is 4.86. The number of rotatable bonds is 3. The summed E-state index contributed by atoms with van der Waals surface area (Å²) in [5.74, 6) is 0. The molecular formula is C24H28N2O2S. The van der Waals surface area contributed by atoms with E-state index in [1.54, 1.807) is 28.9 Å². The molecule has 1 aliphatic carbocycles. The van der Waals surface area contributed by atoms with Gasteiger partial charge in [-0.25, -0.2) is 13.1 Å². The largest absolute Gasteiger partial charge is 0.240 e. The second-order valence-corrected chi connectivity index (χ2v) is 11.5. The van der Waals surface area contributed by atoms with Gasteiger partial charge >= 0.3 is 0 Å². The highest BCUT2D eigenvalue weighted by molar-refractivity contribution is 7.90. The van der Waals surface area contributed by atoms with Gasteiger partial charge in [0, 0.05) is 18.0 Å². The Morgan fingerprint density at radius 1 is 0.862 bits per heavy atom. The van der Waals surface area contributed by atoms with Crippen molar-refractivity contribution in [1.82, 2.24) is 9.78 Å². The topological polar surface area (TPSA) is 52.0 Å². The maximum atomic E-state index is 11.7. The van der Waals surface area contributed by atoms with Crippen LogP contribution in [0.2, 0.25) is 0 Å².